The maximum atomic E-state index is 11.0. The van der Waals surface area contributed by atoms with Crippen molar-refractivity contribution in [3.05, 3.63) is 88.2 Å². The lowest BCUT2D eigenvalue weighted by Gasteiger charge is -2.26. The SMILES string of the molecule is COc1cccc(C2OC(CCn3nnc(CC(=O)O)n3)c3ccccc3-c3ccc(Cl)cc32)c1OC. The summed E-state index contributed by atoms with van der Waals surface area (Å²) in [4.78, 5) is 12.4. The largest absolute Gasteiger partial charge is 0.493 e. The fourth-order valence-electron chi connectivity index (χ4n) is 4.72. The highest BCUT2D eigenvalue weighted by atomic mass is 35.5. The van der Waals surface area contributed by atoms with E-state index in [0.29, 0.717) is 29.5 Å². The number of methoxy groups -OCH3 is 2. The summed E-state index contributed by atoms with van der Waals surface area (Å²) in [6, 6.07) is 19.6. The zero-order valence-electron chi connectivity index (χ0n) is 20.3. The summed E-state index contributed by atoms with van der Waals surface area (Å²) in [5.74, 6) is 0.341. The van der Waals surface area contributed by atoms with Gasteiger partial charge in [0, 0.05) is 10.6 Å². The number of hydrogen-bond donors (Lipinski definition) is 1. The number of fused-ring (bicyclic) bond motifs is 3. The number of benzene rings is 3. The number of halogens is 1. The van der Waals surface area contributed by atoms with E-state index in [1.54, 1.807) is 14.2 Å². The molecule has 1 aliphatic heterocycles. The lowest BCUT2D eigenvalue weighted by Crippen LogP contribution is -2.15. The van der Waals surface area contributed by atoms with Crippen LogP contribution in [0, 0.1) is 0 Å². The molecule has 0 bridgehead atoms. The van der Waals surface area contributed by atoms with Gasteiger partial charge in [-0.2, -0.15) is 4.80 Å². The second-order valence-corrected chi connectivity index (χ2v) is 9.00. The van der Waals surface area contributed by atoms with Gasteiger partial charge in [-0.25, -0.2) is 0 Å². The quantitative estimate of drug-likeness (QED) is 0.350. The number of rotatable bonds is 8. The van der Waals surface area contributed by atoms with Gasteiger partial charge in [-0.05, 0) is 52.1 Å². The van der Waals surface area contributed by atoms with E-state index in [1.807, 2.05) is 54.6 Å². The molecule has 0 radical (unpaired) electrons. The van der Waals surface area contributed by atoms with Crippen molar-refractivity contribution in [2.24, 2.45) is 0 Å². The second kappa shape index (κ2) is 10.6. The minimum Gasteiger partial charge on any atom is -0.493 e. The molecule has 9 nitrogen and oxygen atoms in total. The molecule has 37 heavy (non-hydrogen) atoms. The molecule has 1 N–H and O–H groups in total. The van der Waals surface area contributed by atoms with Crippen LogP contribution in [0.15, 0.2) is 60.7 Å². The first-order valence-electron chi connectivity index (χ1n) is 11.7. The van der Waals surface area contributed by atoms with Crippen LogP contribution in [0.1, 0.15) is 41.1 Å². The van der Waals surface area contributed by atoms with Crippen LogP contribution in [0.2, 0.25) is 5.02 Å². The summed E-state index contributed by atoms with van der Waals surface area (Å²) < 4.78 is 18.2. The van der Waals surface area contributed by atoms with E-state index in [2.05, 4.69) is 21.5 Å². The van der Waals surface area contributed by atoms with Gasteiger partial charge in [0.25, 0.3) is 0 Å². The minimum absolute atomic E-state index is 0.163. The van der Waals surface area contributed by atoms with E-state index in [4.69, 9.17) is 30.9 Å². The molecule has 3 aromatic carbocycles. The van der Waals surface area contributed by atoms with Gasteiger partial charge in [-0.15, -0.1) is 10.2 Å². The van der Waals surface area contributed by atoms with Crippen LogP contribution in [0.4, 0.5) is 0 Å². The van der Waals surface area contributed by atoms with Gasteiger partial charge in [-0.1, -0.05) is 54.1 Å². The molecular formula is C27H25ClN4O5. The summed E-state index contributed by atoms with van der Waals surface area (Å²) in [7, 11) is 3.21. The van der Waals surface area contributed by atoms with Crippen LogP contribution >= 0.6 is 11.6 Å². The minimum atomic E-state index is -1.01. The molecule has 2 atom stereocenters. The van der Waals surface area contributed by atoms with Crippen LogP contribution in [-0.2, 0) is 22.5 Å². The first kappa shape index (κ1) is 24.7. The number of carboxylic acids is 1. The third-order valence-corrected chi connectivity index (χ3v) is 6.54. The molecular weight excluding hydrogens is 496 g/mol. The first-order valence-corrected chi connectivity index (χ1v) is 12.1. The maximum Gasteiger partial charge on any atom is 0.311 e. The molecule has 1 aromatic heterocycles. The second-order valence-electron chi connectivity index (χ2n) is 8.57. The van der Waals surface area contributed by atoms with Crippen molar-refractivity contribution >= 4 is 17.6 Å². The molecule has 0 aliphatic carbocycles. The number of aromatic nitrogens is 4. The Morgan fingerprint density at radius 2 is 1.81 bits per heavy atom. The Kier molecular flexibility index (Phi) is 7.07. The molecule has 5 rings (SSSR count). The van der Waals surface area contributed by atoms with Crippen molar-refractivity contribution in [2.45, 2.75) is 31.6 Å². The zero-order chi connectivity index (χ0) is 25.9. The van der Waals surface area contributed by atoms with Crippen molar-refractivity contribution < 1.29 is 24.1 Å². The van der Waals surface area contributed by atoms with Crippen molar-refractivity contribution in [3.63, 3.8) is 0 Å². The summed E-state index contributed by atoms with van der Waals surface area (Å²) >= 11 is 6.48. The molecule has 2 unspecified atom stereocenters. The fourth-order valence-corrected chi connectivity index (χ4v) is 4.90. The number of hydrogen-bond acceptors (Lipinski definition) is 7. The fraction of sp³-hybridized carbons (Fsp3) is 0.259. The number of ether oxygens (including phenoxy) is 3. The number of aryl methyl sites for hydroxylation is 1. The van der Waals surface area contributed by atoms with Crippen molar-refractivity contribution in [1.82, 2.24) is 20.2 Å². The predicted octanol–water partition coefficient (Wildman–Crippen LogP) is 4.89. The summed E-state index contributed by atoms with van der Waals surface area (Å²) in [5.41, 5.74) is 4.80. The van der Waals surface area contributed by atoms with Crippen molar-refractivity contribution in [2.75, 3.05) is 14.2 Å². The van der Waals surface area contributed by atoms with Crippen LogP contribution in [-0.4, -0.2) is 45.5 Å². The molecule has 0 spiro atoms. The van der Waals surface area contributed by atoms with E-state index in [-0.39, 0.29) is 18.3 Å². The zero-order valence-corrected chi connectivity index (χ0v) is 21.1. The van der Waals surface area contributed by atoms with Gasteiger partial charge in [0.1, 0.15) is 12.5 Å². The van der Waals surface area contributed by atoms with E-state index in [9.17, 15) is 4.79 Å². The normalized spacial score (nSPS) is 16.4. The van der Waals surface area contributed by atoms with Crippen molar-refractivity contribution in [1.29, 1.82) is 0 Å². The Balaban J connectivity index is 1.58. The number of para-hydroxylation sites is 1. The summed E-state index contributed by atoms with van der Waals surface area (Å²) in [6.07, 6.45) is -0.624. The molecule has 10 heteroatoms. The van der Waals surface area contributed by atoms with Gasteiger partial charge < -0.3 is 19.3 Å². The third kappa shape index (κ3) is 5.00. The highest BCUT2D eigenvalue weighted by Crippen LogP contribution is 2.49. The van der Waals surface area contributed by atoms with Crippen LogP contribution < -0.4 is 9.47 Å². The third-order valence-electron chi connectivity index (χ3n) is 6.31. The highest BCUT2D eigenvalue weighted by Gasteiger charge is 2.32. The van der Waals surface area contributed by atoms with Crippen molar-refractivity contribution in [3.8, 4) is 22.6 Å². The van der Waals surface area contributed by atoms with Gasteiger partial charge in [0.05, 0.1) is 26.9 Å². The monoisotopic (exact) mass is 520 g/mol. The van der Waals surface area contributed by atoms with Gasteiger partial charge in [0.2, 0.25) is 0 Å². The topological polar surface area (TPSA) is 109 Å². The van der Waals surface area contributed by atoms with Crippen LogP contribution in [0.5, 0.6) is 11.5 Å². The number of aliphatic carboxylic acids is 1. The van der Waals surface area contributed by atoms with E-state index >= 15 is 0 Å². The average molecular weight is 521 g/mol. The first-order chi connectivity index (χ1) is 18.0. The molecule has 1 aliphatic rings. The van der Waals surface area contributed by atoms with E-state index in [0.717, 1.165) is 27.8 Å². The molecule has 4 aromatic rings. The highest BCUT2D eigenvalue weighted by molar-refractivity contribution is 6.30. The summed E-state index contributed by atoms with van der Waals surface area (Å²) in [5, 5.41) is 21.7. The number of carboxylic acid groups (broad SMARTS) is 1. The molecule has 0 saturated heterocycles. The maximum absolute atomic E-state index is 11.0. The molecule has 0 amide bonds. The predicted molar refractivity (Wildman–Crippen MR) is 136 cm³/mol. The molecule has 190 valence electrons. The molecule has 0 fully saturated rings. The number of tetrazole rings is 1. The average Bonchev–Trinajstić information content (AvgIpc) is 3.29. The summed E-state index contributed by atoms with van der Waals surface area (Å²) in [6.45, 7) is 0.380. The smallest absolute Gasteiger partial charge is 0.311 e. The van der Waals surface area contributed by atoms with E-state index < -0.39 is 12.1 Å². The molecule has 0 saturated carbocycles. The number of carbonyl (C=O) groups is 1. The Hall–Kier alpha value is -3.95. The van der Waals surface area contributed by atoms with Gasteiger partial charge >= 0.3 is 5.97 Å². The van der Waals surface area contributed by atoms with E-state index in [1.165, 1.54) is 4.80 Å². The van der Waals surface area contributed by atoms with Gasteiger partial charge in [-0.3, -0.25) is 4.79 Å². The molecule has 2 heterocycles. The Morgan fingerprint density at radius 1 is 1.03 bits per heavy atom. The van der Waals surface area contributed by atoms with Gasteiger partial charge in [0.15, 0.2) is 17.3 Å². The Bertz CT molecular complexity index is 1440. The standard InChI is InChI=1S/C27H25ClN4O5/c1-35-23-9-5-8-20(27(23)36-2)26-21-14-16(28)10-11-18(21)17-6-3-4-7-19(17)22(37-26)12-13-32-30-24(29-31-32)15-25(33)34/h3-11,14,22,26H,12-13,15H2,1-2H3,(H,33,34). The van der Waals surface area contributed by atoms with Crippen LogP contribution in [0.25, 0.3) is 11.1 Å². The Morgan fingerprint density at radius 3 is 2.59 bits per heavy atom. The lowest BCUT2D eigenvalue weighted by atomic mass is 9.90. The van der Waals surface area contributed by atoms with Crippen LogP contribution in [0.3, 0.4) is 0 Å². The Labute approximate surface area is 218 Å². The number of nitrogens with zero attached hydrogens (tertiary/aromatic N) is 4. The lowest BCUT2D eigenvalue weighted by molar-refractivity contribution is -0.136.